The number of hydrogen-bond acceptors (Lipinski definition) is 6. The van der Waals surface area contributed by atoms with Crippen molar-refractivity contribution in [1.29, 1.82) is 0 Å². The van der Waals surface area contributed by atoms with Gasteiger partial charge in [0.1, 0.15) is 30.5 Å². The Morgan fingerprint density at radius 2 is 2.00 bits per heavy atom. The highest BCUT2D eigenvalue weighted by atomic mass is 32.1. The van der Waals surface area contributed by atoms with Crippen molar-refractivity contribution in [3.05, 3.63) is 81.8 Å². The van der Waals surface area contributed by atoms with Gasteiger partial charge < -0.3 is 24.0 Å². The number of carbonyl (C=O) groups is 2. The molecule has 3 aromatic rings. The average Bonchev–Trinajstić information content (AvgIpc) is 3.63. The number of nitrogens with zero attached hydrogens (tertiary/aromatic N) is 2. The van der Waals surface area contributed by atoms with E-state index >= 15 is 0 Å². The van der Waals surface area contributed by atoms with Gasteiger partial charge in [-0.25, -0.2) is 4.39 Å². The molecule has 0 aliphatic carbocycles. The molecule has 1 aromatic heterocycles. The summed E-state index contributed by atoms with van der Waals surface area (Å²) >= 11 is 1.66. The van der Waals surface area contributed by atoms with Gasteiger partial charge in [0.05, 0.1) is 19.3 Å². The van der Waals surface area contributed by atoms with E-state index in [9.17, 15) is 14.0 Å². The first kappa shape index (κ1) is 26.2. The maximum atomic E-state index is 13.8. The smallest absolute Gasteiger partial charge is 0.254 e. The Morgan fingerprint density at radius 3 is 2.74 bits per heavy atom. The third-order valence-electron chi connectivity index (χ3n) is 7.02. The van der Waals surface area contributed by atoms with Crippen molar-refractivity contribution in [1.82, 2.24) is 9.80 Å². The van der Waals surface area contributed by atoms with Crippen molar-refractivity contribution in [2.24, 2.45) is 0 Å². The molecule has 3 heterocycles. The molecule has 0 bridgehead atoms. The van der Waals surface area contributed by atoms with Crippen LogP contribution in [0.5, 0.6) is 11.5 Å². The lowest BCUT2D eigenvalue weighted by atomic mass is 10.00. The van der Waals surface area contributed by atoms with Crippen LogP contribution in [-0.2, 0) is 16.0 Å². The van der Waals surface area contributed by atoms with Crippen LogP contribution in [0.3, 0.4) is 0 Å². The molecule has 2 aliphatic rings. The molecule has 200 valence electrons. The number of carbonyl (C=O) groups excluding carboxylic acids is 2. The summed E-state index contributed by atoms with van der Waals surface area (Å²) in [6.07, 6.45) is 2.44. The molecule has 38 heavy (non-hydrogen) atoms. The van der Waals surface area contributed by atoms with E-state index in [1.165, 1.54) is 17.0 Å². The van der Waals surface area contributed by atoms with Gasteiger partial charge in [-0.3, -0.25) is 9.59 Å². The first-order valence-electron chi connectivity index (χ1n) is 12.8. The van der Waals surface area contributed by atoms with Gasteiger partial charge in [-0.05, 0) is 72.7 Å². The molecule has 2 aromatic carbocycles. The monoisotopic (exact) mass is 538 g/mol. The SMILES string of the molecule is COc1ccc(C(=O)N(CC(=O)N2CCc3sccc3C2COc2cccc(F)c2)CC2CCCO2)cc1. The number of methoxy groups -OCH3 is 1. The van der Waals surface area contributed by atoms with E-state index < -0.39 is 0 Å². The highest BCUT2D eigenvalue weighted by Crippen LogP contribution is 2.34. The van der Waals surface area contributed by atoms with Crippen molar-refractivity contribution in [2.75, 3.05) is 40.0 Å². The van der Waals surface area contributed by atoms with Gasteiger partial charge in [-0.15, -0.1) is 11.3 Å². The van der Waals surface area contributed by atoms with Crippen LogP contribution in [0, 0.1) is 5.82 Å². The second kappa shape index (κ2) is 12.0. The predicted molar refractivity (Wildman–Crippen MR) is 142 cm³/mol. The zero-order valence-electron chi connectivity index (χ0n) is 21.3. The van der Waals surface area contributed by atoms with Gasteiger partial charge in [0.15, 0.2) is 0 Å². The molecule has 0 radical (unpaired) electrons. The van der Waals surface area contributed by atoms with Crippen molar-refractivity contribution in [2.45, 2.75) is 31.4 Å². The van der Waals surface area contributed by atoms with Crippen molar-refractivity contribution < 1.29 is 28.2 Å². The summed E-state index contributed by atoms with van der Waals surface area (Å²) in [5.74, 6) is 0.308. The lowest BCUT2D eigenvalue weighted by molar-refractivity contribution is -0.135. The van der Waals surface area contributed by atoms with Gasteiger partial charge in [-0.1, -0.05) is 6.07 Å². The summed E-state index contributed by atoms with van der Waals surface area (Å²) in [6.45, 7) is 1.65. The molecule has 2 unspecified atom stereocenters. The Morgan fingerprint density at radius 1 is 1.16 bits per heavy atom. The first-order chi connectivity index (χ1) is 18.5. The van der Waals surface area contributed by atoms with Crippen molar-refractivity contribution in [3.63, 3.8) is 0 Å². The van der Waals surface area contributed by atoms with Gasteiger partial charge >= 0.3 is 0 Å². The third-order valence-corrected chi connectivity index (χ3v) is 8.01. The third kappa shape index (κ3) is 6.00. The quantitative estimate of drug-likeness (QED) is 0.394. The van der Waals surface area contributed by atoms with Gasteiger partial charge in [0, 0.05) is 36.2 Å². The largest absolute Gasteiger partial charge is 0.497 e. The maximum absolute atomic E-state index is 13.8. The summed E-state index contributed by atoms with van der Waals surface area (Å²) in [4.78, 5) is 31.9. The van der Waals surface area contributed by atoms with Crippen LogP contribution in [-0.4, -0.2) is 67.7 Å². The molecular weight excluding hydrogens is 507 g/mol. The Kier molecular flexibility index (Phi) is 8.24. The molecular formula is C29H31FN2O5S. The van der Waals surface area contributed by atoms with Crippen LogP contribution in [0.1, 0.15) is 39.7 Å². The Balaban J connectivity index is 1.35. The van der Waals surface area contributed by atoms with Crippen LogP contribution in [0.4, 0.5) is 4.39 Å². The summed E-state index contributed by atoms with van der Waals surface area (Å²) in [5, 5.41) is 2.02. The average molecular weight is 539 g/mol. The number of amides is 2. The van der Waals surface area contributed by atoms with E-state index in [0.29, 0.717) is 36.8 Å². The van der Waals surface area contributed by atoms with Gasteiger partial charge in [0.2, 0.25) is 5.91 Å². The molecule has 0 saturated carbocycles. The van der Waals surface area contributed by atoms with Crippen molar-refractivity contribution in [3.8, 4) is 11.5 Å². The fraction of sp³-hybridized carbons (Fsp3) is 0.379. The zero-order valence-corrected chi connectivity index (χ0v) is 22.1. The number of rotatable bonds is 9. The van der Waals surface area contributed by atoms with Crippen molar-refractivity contribution >= 4 is 23.2 Å². The van der Waals surface area contributed by atoms with E-state index in [4.69, 9.17) is 14.2 Å². The molecule has 1 saturated heterocycles. The van der Waals surface area contributed by atoms with E-state index in [1.54, 1.807) is 64.6 Å². The van der Waals surface area contributed by atoms with Gasteiger partial charge in [0.25, 0.3) is 5.91 Å². The molecule has 9 heteroatoms. The highest BCUT2D eigenvalue weighted by molar-refractivity contribution is 7.10. The number of thiophene rings is 1. The molecule has 7 nitrogen and oxygen atoms in total. The molecule has 2 amide bonds. The molecule has 2 atom stereocenters. The standard InChI is InChI=1S/C29H31FN2O5S/c1-35-22-9-7-20(8-10-22)29(34)31(17-24-6-3-14-36-24)18-28(33)32-13-11-27-25(12-15-38-27)26(32)19-37-23-5-2-4-21(30)16-23/h2,4-5,7-10,12,15-16,24,26H,3,6,11,13-14,17-19H2,1H3. The fourth-order valence-corrected chi connectivity index (χ4v) is 5.96. The minimum absolute atomic E-state index is 0.0688. The molecule has 0 spiro atoms. The predicted octanol–water partition coefficient (Wildman–Crippen LogP) is 4.72. The van der Waals surface area contributed by atoms with Crippen LogP contribution in [0.25, 0.3) is 0 Å². The van der Waals surface area contributed by atoms with Gasteiger partial charge in [-0.2, -0.15) is 0 Å². The van der Waals surface area contributed by atoms with Crippen LogP contribution in [0.15, 0.2) is 60.0 Å². The maximum Gasteiger partial charge on any atom is 0.254 e. The van der Waals surface area contributed by atoms with Crippen LogP contribution < -0.4 is 9.47 Å². The minimum Gasteiger partial charge on any atom is -0.497 e. The van der Waals surface area contributed by atoms with Crippen LogP contribution in [0.2, 0.25) is 0 Å². The summed E-state index contributed by atoms with van der Waals surface area (Å²) in [5.41, 5.74) is 1.53. The molecule has 0 N–H and O–H groups in total. The number of halogens is 1. The van der Waals surface area contributed by atoms with E-state index in [0.717, 1.165) is 24.8 Å². The Hall–Kier alpha value is -3.43. The first-order valence-corrected chi connectivity index (χ1v) is 13.7. The minimum atomic E-state index is -0.378. The summed E-state index contributed by atoms with van der Waals surface area (Å²) < 4.78 is 30.7. The normalized spacial score (nSPS) is 18.6. The summed E-state index contributed by atoms with van der Waals surface area (Å²) in [6, 6.07) is 14.6. The molecule has 5 rings (SSSR count). The van der Waals surface area contributed by atoms with E-state index in [-0.39, 0.29) is 42.9 Å². The topological polar surface area (TPSA) is 68.3 Å². The highest BCUT2D eigenvalue weighted by Gasteiger charge is 2.34. The van der Waals surface area contributed by atoms with E-state index in [1.807, 2.05) is 11.4 Å². The number of hydrogen-bond donors (Lipinski definition) is 0. The number of benzene rings is 2. The lowest BCUT2D eigenvalue weighted by Gasteiger charge is -2.37. The van der Waals surface area contributed by atoms with E-state index in [2.05, 4.69) is 0 Å². The Bertz CT molecular complexity index is 1260. The lowest BCUT2D eigenvalue weighted by Crippen LogP contribution is -2.49. The number of fused-ring (bicyclic) bond motifs is 1. The second-order valence-corrected chi connectivity index (χ2v) is 10.5. The van der Waals surface area contributed by atoms with Crippen LogP contribution >= 0.6 is 11.3 Å². The molecule has 2 aliphatic heterocycles. The molecule has 1 fully saturated rings. The fourth-order valence-electron chi connectivity index (χ4n) is 5.03. The Labute approximate surface area is 225 Å². The summed E-state index contributed by atoms with van der Waals surface area (Å²) in [7, 11) is 1.57. The number of ether oxygens (including phenoxy) is 3. The second-order valence-electron chi connectivity index (χ2n) is 9.47. The zero-order chi connectivity index (χ0) is 26.5.